The second kappa shape index (κ2) is 6.64. The second-order valence-corrected chi connectivity index (χ2v) is 6.45. The van der Waals surface area contributed by atoms with Crippen molar-refractivity contribution in [1.82, 2.24) is 15.1 Å². The van der Waals surface area contributed by atoms with Crippen LogP contribution < -0.4 is 10.5 Å². The second-order valence-electron chi connectivity index (χ2n) is 6.45. The maximum absolute atomic E-state index is 6.38. The molecule has 4 rings (SSSR count). The monoisotopic (exact) mass is 336 g/mol. The SMILES string of the molecule is NC1(c2noc(-c3ccc(OCc4ccncc4)cc3)n2)CCCC1. The third-order valence-electron chi connectivity index (χ3n) is 4.62. The molecule has 0 amide bonds. The maximum atomic E-state index is 6.38. The largest absolute Gasteiger partial charge is 0.489 e. The Labute approximate surface area is 146 Å². The molecule has 0 saturated heterocycles. The Kier molecular flexibility index (Phi) is 4.19. The quantitative estimate of drug-likeness (QED) is 0.768. The number of rotatable bonds is 5. The van der Waals surface area contributed by atoms with Crippen molar-refractivity contribution in [3.05, 3.63) is 60.2 Å². The molecule has 1 saturated carbocycles. The zero-order valence-electron chi connectivity index (χ0n) is 13.9. The summed E-state index contributed by atoms with van der Waals surface area (Å²) >= 11 is 0. The highest BCUT2D eigenvalue weighted by atomic mass is 16.5. The minimum atomic E-state index is -0.435. The first kappa shape index (κ1) is 15.8. The number of benzene rings is 1. The predicted octanol–water partition coefficient (Wildman–Crippen LogP) is 3.44. The molecule has 1 fully saturated rings. The molecule has 1 aromatic carbocycles. The number of pyridine rings is 1. The van der Waals surface area contributed by atoms with Crippen molar-refractivity contribution >= 4 is 0 Å². The summed E-state index contributed by atoms with van der Waals surface area (Å²) in [7, 11) is 0. The van der Waals surface area contributed by atoms with Gasteiger partial charge in [0.2, 0.25) is 0 Å². The number of aromatic nitrogens is 3. The van der Waals surface area contributed by atoms with Crippen LogP contribution in [0.3, 0.4) is 0 Å². The summed E-state index contributed by atoms with van der Waals surface area (Å²) in [5, 5.41) is 4.10. The number of nitrogens with two attached hydrogens (primary N) is 1. The number of nitrogens with zero attached hydrogens (tertiary/aromatic N) is 3. The Morgan fingerprint density at radius 3 is 2.48 bits per heavy atom. The maximum Gasteiger partial charge on any atom is 0.257 e. The van der Waals surface area contributed by atoms with Gasteiger partial charge in [-0.3, -0.25) is 4.98 Å². The van der Waals surface area contributed by atoms with Gasteiger partial charge in [0.1, 0.15) is 12.4 Å². The fourth-order valence-electron chi connectivity index (χ4n) is 3.11. The Morgan fingerprint density at radius 1 is 1.04 bits per heavy atom. The summed E-state index contributed by atoms with van der Waals surface area (Å²) < 4.78 is 11.2. The highest BCUT2D eigenvalue weighted by Crippen LogP contribution is 2.35. The molecule has 2 heterocycles. The lowest BCUT2D eigenvalue weighted by Gasteiger charge is -2.17. The molecule has 6 nitrogen and oxygen atoms in total. The minimum absolute atomic E-state index is 0.435. The number of hydrogen-bond donors (Lipinski definition) is 1. The third-order valence-corrected chi connectivity index (χ3v) is 4.62. The van der Waals surface area contributed by atoms with Crippen molar-refractivity contribution in [1.29, 1.82) is 0 Å². The highest BCUT2D eigenvalue weighted by Gasteiger charge is 2.36. The fraction of sp³-hybridized carbons (Fsp3) is 0.316. The summed E-state index contributed by atoms with van der Waals surface area (Å²) in [4.78, 5) is 8.50. The minimum Gasteiger partial charge on any atom is -0.489 e. The highest BCUT2D eigenvalue weighted by molar-refractivity contribution is 5.54. The van der Waals surface area contributed by atoms with E-state index in [-0.39, 0.29) is 0 Å². The van der Waals surface area contributed by atoms with Crippen molar-refractivity contribution in [2.75, 3.05) is 0 Å². The molecular weight excluding hydrogens is 316 g/mol. The summed E-state index contributed by atoms with van der Waals surface area (Å²) in [6.07, 6.45) is 7.56. The molecule has 0 spiro atoms. The lowest BCUT2D eigenvalue weighted by atomic mass is 9.99. The van der Waals surface area contributed by atoms with Crippen LogP contribution in [0.5, 0.6) is 5.75 Å². The summed E-state index contributed by atoms with van der Waals surface area (Å²) in [6.45, 7) is 0.502. The van der Waals surface area contributed by atoms with Gasteiger partial charge in [0.25, 0.3) is 5.89 Å². The Morgan fingerprint density at radius 2 is 1.76 bits per heavy atom. The van der Waals surface area contributed by atoms with Gasteiger partial charge in [0.05, 0.1) is 5.54 Å². The van der Waals surface area contributed by atoms with Gasteiger partial charge in [-0.2, -0.15) is 4.98 Å². The van der Waals surface area contributed by atoms with Crippen LogP contribution in [0.1, 0.15) is 37.1 Å². The molecule has 0 bridgehead atoms. The van der Waals surface area contributed by atoms with E-state index >= 15 is 0 Å². The van der Waals surface area contributed by atoms with Gasteiger partial charge in [-0.05, 0) is 54.8 Å². The summed E-state index contributed by atoms with van der Waals surface area (Å²) in [5.74, 6) is 1.89. The van der Waals surface area contributed by atoms with E-state index in [1.165, 1.54) is 0 Å². The molecule has 128 valence electrons. The van der Waals surface area contributed by atoms with E-state index in [1.54, 1.807) is 12.4 Å². The molecule has 25 heavy (non-hydrogen) atoms. The van der Waals surface area contributed by atoms with E-state index in [0.29, 0.717) is 18.3 Å². The van der Waals surface area contributed by atoms with Crippen LogP contribution in [-0.2, 0) is 12.1 Å². The zero-order chi connectivity index (χ0) is 17.1. The van der Waals surface area contributed by atoms with Crippen LogP contribution in [0.25, 0.3) is 11.5 Å². The van der Waals surface area contributed by atoms with Gasteiger partial charge in [-0.15, -0.1) is 0 Å². The van der Waals surface area contributed by atoms with Crippen LogP contribution in [-0.4, -0.2) is 15.1 Å². The average molecular weight is 336 g/mol. The van der Waals surface area contributed by atoms with E-state index in [2.05, 4.69) is 15.1 Å². The van der Waals surface area contributed by atoms with Crippen LogP contribution in [0.15, 0.2) is 53.3 Å². The average Bonchev–Trinajstić information content (AvgIpc) is 3.32. The Hall–Kier alpha value is -2.73. The van der Waals surface area contributed by atoms with Crippen molar-refractivity contribution < 1.29 is 9.26 Å². The molecule has 0 aliphatic heterocycles. The first-order valence-electron chi connectivity index (χ1n) is 8.48. The van der Waals surface area contributed by atoms with E-state index < -0.39 is 5.54 Å². The topological polar surface area (TPSA) is 87.1 Å². The van der Waals surface area contributed by atoms with E-state index in [9.17, 15) is 0 Å². The van der Waals surface area contributed by atoms with Crippen molar-refractivity contribution in [3.63, 3.8) is 0 Å². The first-order valence-corrected chi connectivity index (χ1v) is 8.48. The molecular formula is C19H20N4O2. The van der Waals surface area contributed by atoms with E-state index in [4.69, 9.17) is 15.0 Å². The lowest BCUT2D eigenvalue weighted by Crippen LogP contribution is -2.34. The van der Waals surface area contributed by atoms with Crippen molar-refractivity contribution in [3.8, 4) is 17.2 Å². The fourth-order valence-corrected chi connectivity index (χ4v) is 3.11. The lowest BCUT2D eigenvalue weighted by molar-refractivity contribution is 0.306. The van der Waals surface area contributed by atoms with Crippen molar-refractivity contribution in [2.45, 2.75) is 37.8 Å². The Balaban J connectivity index is 1.44. The van der Waals surface area contributed by atoms with Gasteiger partial charge < -0.3 is 15.0 Å². The van der Waals surface area contributed by atoms with Gasteiger partial charge >= 0.3 is 0 Å². The van der Waals surface area contributed by atoms with E-state index in [0.717, 1.165) is 42.6 Å². The summed E-state index contributed by atoms with van der Waals surface area (Å²) in [6, 6.07) is 11.5. The molecule has 2 N–H and O–H groups in total. The third kappa shape index (κ3) is 3.39. The molecule has 6 heteroatoms. The normalized spacial score (nSPS) is 16.0. The zero-order valence-corrected chi connectivity index (χ0v) is 13.9. The Bertz CT molecular complexity index is 824. The van der Waals surface area contributed by atoms with Crippen molar-refractivity contribution in [2.24, 2.45) is 5.73 Å². The van der Waals surface area contributed by atoms with Crippen LogP contribution in [0, 0.1) is 0 Å². The smallest absolute Gasteiger partial charge is 0.257 e. The van der Waals surface area contributed by atoms with Crippen LogP contribution in [0.2, 0.25) is 0 Å². The standard InChI is InChI=1S/C19H20N4O2/c20-19(9-1-2-10-19)18-22-17(25-23-18)15-3-5-16(6-4-15)24-13-14-7-11-21-12-8-14/h3-8,11-12H,1-2,9-10,13,20H2. The van der Waals surface area contributed by atoms with Gasteiger partial charge in [0, 0.05) is 18.0 Å². The number of hydrogen-bond acceptors (Lipinski definition) is 6. The van der Waals surface area contributed by atoms with Gasteiger partial charge in [-0.1, -0.05) is 18.0 Å². The molecule has 2 aromatic heterocycles. The molecule has 1 aliphatic rings. The van der Waals surface area contributed by atoms with Gasteiger partial charge in [0.15, 0.2) is 5.82 Å². The molecule has 1 aliphatic carbocycles. The van der Waals surface area contributed by atoms with E-state index in [1.807, 2.05) is 36.4 Å². The van der Waals surface area contributed by atoms with Crippen LogP contribution >= 0.6 is 0 Å². The molecule has 3 aromatic rings. The van der Waals surface area contributed by atoms with Crippen LogP contribution in [0.4, 0.5) is 0 Å². The van der Waals surface area contributed by atoms with Gasteiger partial charge in [-0.25, -0.2) is 0 Å². The number of ether oxygens (including phenoxy) is 1. The predicted molar refractivity (Wildman–Crippen MR) is 92.6 cm³/mol. The first-order chi connectivity index (χ1) is 12.2. The molecule has 0 radical (unpaired) electrons. The molecule has 0 unspecified atom stereocenters. The molecule has 0 atom stereocenters. The summed E-state index contributed by atoms with van der Waals surface area (Å²) in [5.41, 5.74) is 7.88.